The summed E-state index contributed by atoms with van der Waals surface area (Å²) < 4.78 is 0. The van der Waals surface area contributed by atoms with Crippen molar-refractivity contribution in [1.29, 1.82) is 0 Å². The van der Waals surface area contributed by atoms with Crippen molar-refractivity contribution in [2.45, 2.75) is 84.0 Å². The summed E-state index contributed by atoms with van der Waals surface area (Å²) in [5.41, 5.74) is 0. The molecule has 0 aliphatic rings. The zero-order chi connectivity index (χ0) is 11.9. The summed E-state index contributed by atoms with van der Waals surface area (Å²) in [6.07, 6.45) is 21.0. The lowest BCUT2D eigenvalue weighted by atomic mass is 10.0. The van der Waals surface area contributed by atoms with Crippen molar-refractivity contribution < 1.29 is 0 Å². The average Bonchev–Trinajstić information content (AvgIpc) is 2.31. The third-order valence-electron chi connectivity index (χ3n) is 3.10. The molecule has 0 spiro atoms. The van der Waals surface area contributed by atoms with Crippen molar-refractivity contribution >= 4 is 0 Å². The van der Waals surface area contributed by atoms with Crippen LogP contribution in [0.4, 0.5) is 0 Å². The van der Waals surface area contributed by atoms with Crippen LogP contribution in [0.1, 0.15) is 84.0 Å². The lowest BCUT2D eigenvalue weighted by Crippen LogP contribution is -1.82. The first-order valence-electron chi connectivity index (χ1n) is 7.34. The Kier molecular flexibility index (Phi) is 14.5. The molecule has 0 aliphatic carbocycles. The van der Waals surface area contributed by atoms with Gasteiger partial charge in [-0.3, -0.25) is 0 Å². The van der Waals surface area contributed by atoms with Gasteiger partial charge in [0.1, 0.15) is 0 Å². The topological polar surface area (TPSA) is 0 Å². The predicted octanol–water partition coefficient (Wildman–Crippen LogP) is 6.08. The molecule has 0 heteroatoms. The fourth-order valence-electron chi connectivity index (χ4n) is 2.01. The standard InChI is InChI=1S/C16H31/c1-3-5-7-9-11-13-15-16-14-12-10-8-6-4-2/h3,7H,1,4-6,8-16H2,2H3. The van der Waals surface area contributed by atoms with Gasteiger partial charge < -0.3 is 0 Å². The molecule has 0 fully saturated rings. The molecule has 0 heterocycles. The minimum absolute atomic E-state index is 1.08. The average molecular weight is 223 g/mol. The number of allylic oxidation sites excluding steroid dienone is 1. The Morgan fingerprint density at radius 1 is 0.750 bits per heavy atom. The molecule has 0 rings (SSSR count). The number of hydrogen-bond donors (Lipinski definition) is 0. The van der Waals surface area contributed by atoms with Crippen LogP contribution in [-0.2, 0) is 0 Å². The summed E-state index contributed by atoms with van der Waals surface area (Å²) in [5, 5.41) is 0. The first kappa shape index (κ1) is 15.7. The normalized spacial score (nSPS) is 10.6. The van der Waals surface area contributed by atoms with Gasteiger partial charge in [0, 0.05) is 0 Å². The summed E-state index contributed by atoms with van der Waals surface area (Å²) in [6.45, 7) is 6.00. The van der Waals surface area contributed by atoms with Gasteiger partial charge in [-0.1, -0.05) is 77.2 Å². The second kappa shape index (κ2) is 14.7. The Morgan fingerprint density at radius 2 is 1.25 bits per heavy atom. The smallest absolute Gasteiger partial charge is 0.0322 e. The molecule has 0 amide bonds. The molecule has 0 saturated heterocycles. The van der Waals surface area contributed by atoms with E-state index >= 15 is 0 Å². The highest BCUT2D eigenvalue weighted by molar-refractivity contribution is 4.77. The fourth-order valence-corrected chi connectivity index (χ4v) is 2.01. The Hall–Kier alpha value is -0.260. The molecular formula is C16H31. The molecule has 0 atom stereocenters. The molecule has 1 radical (unpaired) electrons. The quantitative estimate of drug-likeness (QED) is 0.262. The number of hydrogen-bond acceptors (Lipinski definition) is 0. The summed E-state index contributed by atoms with van der Waals surface area (Å²) in [6, 6.07) is 0. The van der Waals surface area contributed by atoms with E-state index in [-0.39, 0.29) is 0 Å². The SMILES string of the molecule is C=CC[CH]CCCCCCCCCCCC. The molecule has 0 bridgehead atoms. The van der Waals surface area contributed by atoms with Gasteiger partial charge in [0.15, 0.2) is 0 Å². The van der Waals surface area contributed by atoms with E-state index in [0.717, 1.165) is 6.42 Å². The molecule has 95 valence electrons. The first-order chi connectivity index (χ1) is 7.91. The van der Waals surface area contributed by atoms with Crippen LogP contribution in [0.2, 0.25) is 0 Å². The van der Waals surface area contributed by atoms with Gasteiger partial charge in [0.05, 0.1) is 0 Å². The Morgan fingerprint density at radius 3 is 1.75 bits per heavy atom. The van der Waals surface area contributed by atoms with Crippen molar-refractivity contribution in [3.05, 3.63) is 19.1 Å². The maximum absolute atomic E-state index is 3.72. The van der Waals surface area contributed by atoms with E-state index in [1.807, 2.05) is 6.08 Å². The van der Waals surface area contributed by atoms with Gasteiger partial charge >= 0.3 is 0 Å². The minimum Gasteiger partial charge on any atom is -0.103 e. The predicted molar refractivity (Wildman–Crippen MR) is 75.6 cm³/mol. The van der Waals surface area contributed by atoms with Gasteiger partial charge in [-0.15, -0.1) is 6.58 Å². The maximum Gasteiger partial charge on any atom is -0.0322 e. The highest BCUT2D eigenvalue weighted by Gasteiger charge is 1.92. The highest BCUT2D eigenvalue weighted by atomic mass is 14.0. The first-order valence-corrected chi connectivity index (χ1v) is 7.34. The summed E-state index contributed by atoms with van der Waals surface area (Å²) in [5.74, 6) is 0. The van der Waals surface area contributed by atoms with Gasteiger partial charge in [-0.2, -0.15) is 0 Å². The van der Waals surface area contributed by atoms with Crippen molar-refractivity contribution in [3.8, 4) is 0 Å². The molecule has 0 nitrogen and oxygen atoms in total. The maximum atomic E-state index is 3.72. The molecule has 16 heavy (non-hydrogen) atoms. The zero-order valence-corrected chi connectivity index (χ0v) is 11.3. The van der Waals surface area contributed by atoms with Gasteiger partial charge in [-0.25, -0.2) is 0 Å². The molecule has 0 aromatic heterocycles. The van der Waals surface area contributed by atoms with Crippen molar-refractivity contribution in [2.75, 3.05) is 0 Å². The lowest BCUT2D eigenvalue weighted by molar-refractivity contribution is 0.555. The van der Waals surface area contributed by atoms with Crippen molar-refractivity contribution in [1.82, 2.24) is 0 Å². The molecule has 0 aromatic carbocycles. The van der Waals surface area contributed by atoms with Crippen molar-refractivity contribution in [3.63, 3.8) is 0 Å². The monoisotopic (exact) mass is 223 g/mol. The largest absolute Gasteiger partial charge is 0.103 e. The van der Waals surface area contributed by atoms with E-state index in [2.05, 4.69) is 19.9 Å². The van der Waals surface area contributed by atoms with Crippen molar-refractivity contribution in [2.24, 2.45) is 0 Å². The fraction of sp³-hybridized carbons (Fsp3) is 0.812. The van der Waals surface area contributed by atoms with Crippen LogP contribution in [0.5, 0.6) is 0 Å². The van der Waals surface area contributed by atoms with Crippen LogP contribution in [0.25, 0.3) is 0 Å². The van der Waals surface area contributed by atoms with E-state index in [4.69, 9.17) is 0 Å². The van der Waals surface area contributed by atoms with E-state index in [1.54, 1.807) is 0 Å². The lowest BCUT2D eigenvalue weighted by Gasteiger charge is -2.01. The Bertz CT molecular complexity index is 126. The van der Waals surface area contributed by atoms with E-state index in [9.17, 15) is 0 Å². The Balaban J connectivity index is 2.85. The highest BCUT2D eigenvalue weighted by Crippen LogP contribution is 2.12. The minimum atomic E-state index is 1.08. The van der Waals surface area contributed by atoms with E-state index < -0.39 is 0 Å². The van der Waals surface area contributed by atoms with Crippen LogP contribution in [0.15, 0.2) is 12.7 Å². The molecule has 0 aromatic rings. The van der Waals surface area contributed by atoms with Gasteiger partial charge in [0.2, 0.25) is 0 Å². The summed E-state index contributed by atoms with van der Waals surface area (Å²) >= 11 is 0. The molecule has 0 N–H and O–H groups in total. The number of rotatable bonds is 13. The van der Waals surface area contributed by atoms with E-state index in [0.29, 0.717) is 0 Å². The van der Waals surface area contributed by atoms with Gasteiger partial charge in [-0.05, 0) is 19.3 Å². The van der Waals surface area contributed by atoms with Crippen LogP contribution < -0.4 is 0 Å². The summed E-state index contributed by atoms with van der Waals surface area (Å²) in [4.78, 5) is 0. The zero-order valence-electron chi connectivity index (χ0n) is 11.3. The molecule has 0 saturated carbocycles. The van der Waals surface area contributed by atoms with Crippen LogP contribution in [0.3, 0.4) is 0 Å². The van der Waals surface area contributed by atoms with Crippen LogP contribution in [-0.4, -0.2) is 0 Å². The number of unbranched alkanes of at least 4 members (excludes halogenated alkanes) is 12. The molecule has 0 unspecified atom stereocenters. The van der Waals surface area contributed by atoms with Crippen LogP contribution >= 0.6 is 0 Å². The molecule has 0 aliphatic heterocycles. The second-order valence-electron chi connectivity index (χ2n) is 4.78. The second-order valence-corrected chi connectivity index (χ2v) is 4.78. The van der Waals surface area contributed by atoms with Crippen LogP contribution in [0, 0.1) is 6.42 Å². The van der Waals surface area contributed by atoms with E-state index in [1.165, 1.54) is 70.6 Å². The Labute approximate surface area is 104 Å². The summed E-state index contributed by atoms with van der Waals surface area (Å²) in [7, 11) is 0. The third kappa shape index (κ3) is 13.7. The molecular weight excluding hydrogens is 192 g/mol. The van der Waals surface area contributed by atoms with Gasteiger partial charge in [0.25, 0.3) is 0 Å². The third-order valence-corrected chi connectivity index (χ3v) is 3.10.